The highest BCUT2D eigenvalue weighted by Crippen LogP contribution is 2.36. The van der Waals surface area contributed by atoms with Crippen LogP contribution in [0.25, 0.3) is 16.9 Å². The number of para-hydroxylation sites is 1. The number of carbonyl (C=O) groups excluding carboxylic acids is 1. The molecule has 1 saturated heterocycles. The third-order valence-electron chi connectivity index (χ3n) is 7.61. The first-order valence-corrected chi connectivity index (χ1v) is 13.6. The Bertz CT molecular complexity index is 1600. The Kier molecular flexibility index (Phi) is 8.61. The number of hydrogen-bond acceptors (Lipinski definition) is 6. The summed E-state index contributed by atoms with van der Waals surface area (Å²) in [6.45, 7) is 3.19. The summed E-state index contributed by atoms with van der Waals surface area (Å²) < 4.78 is 36.8. The SMILES string of the molecule is COCCN1C[C@@H](NC(=O)Nc2c(C)c(-c3cnn(C)c3)nn2-c2ccccc2)[C@H](c2ccc(F)c(F)c2)C1CC#N. The molecule has 3 atom stereocenters. The highest BCUT2D eigenvalue weighted by molar-refractivity contribution is 5.91. The smallest absolute Gasteiger partial charge is 0.320 e. The van der Waals surface area contributed by atoms with Gasteiger partial charge in [-0.25, -0.2) is 18.3 Å². The normalized spacial score (nSPS) is 18.6. The van der Waals surface area contributed by atoms with Crippen LogP contribution in [0.4, 0.5) is 19.4 Å². The fraction of sp³-hybridized carbons (Fsp3) is 0.333. The third-order valence-corrected chi connectivity index (χ3v) is 7.61. The predicted octanol–water partition coefficient (Wildman–Crippen LogP) is 4.38. The van der Waals surface area contributed by atoms with Crippen LogP contribution in [-0.2, 0) is 11.8 Å². The second kappa shape index (κ2) is 12.5. The molecule has 1 fully saturated rings. The van der Waals surface area contributed by atoms with Crippen LogP contribution in [0.5, 0.6) is 0 Å². The van der Waals surface area contributed by atoms with Crippen molar-refractivity contribution in [2.45, 2.75) is 31.3 Å². The zero-order valence-electron chi connectivity index (χ0n) is 23.6. The van der Waals surface area contributed by atoms with Crippen molar-refractivity contribution < 1.29 is 18.3 Å². The molecule has 0 aliphatic carbocycles. The first-order valence-electron chi connectivity index (χ1n) is 13.6. The summed E-state index contributed by atoms with van der Waals surface area (Å²) >= 11 is 0. The zero-order chi connectivity index (χ0) is 29.8. The lowest BCUT2D eigenvalue weighted by Crippen LogP contribution is -2.43. The van der Waals surface area contributed by atoms with Crippen LogP contribution in [0.1, 0.15) is 23.5 Å². The molecule has 4 aromatic rings. The highest BCUT2D eigenvalue weighted by atomic mass is 19.2. The van der Waals surface area contributed by atoms with Crippen LogP contribution in [0.3, 0.4) is 0 Å². The summed E-state index contributed by atoms with van der Waals surface area (Å²) in [5.41, 5.74) is 3.47. The molecule has 0 saturated carbocycles. The quantitative estimate of drug-likeness (QED) is 0.307. The van der Waals surface area contributed by atoms with Crippen molar-refractivity contribution in [3.05, 3.63) is 83.7 Å². The summed E-state index contributed by atoms with van der Waals surface area (Å²) in [6.07, 6.45) is 3.70. The van der Waals surface area contributed by atoms with E-state index in [0.717, 1.165) is 28.9 Å². The fourth-order valence-corrected chi connectivity index (χ4v) is 5.65. The average molecular weight is 575 g/mol. The number of amides is 2. The number of hydrogen-bond donors (Lipinski definition) is 2. The van der Waals surface area contributed by atoms with Gasteiger partial charge in [-0.05, 0) is 36.8 Å². The molecule has 3 heterocycles. The lowest BCUT2D eigenvalue weighted by atomic mass is 9.87. The standard InChI is InChI=1S/C30H32F2N8O2/c1-19-28(21-16-34-38(2)17-21)37-40(22-7-5-4-6-8-22)29(19)36-30(41)35-25-18-39(13-14-42-3)26(11-12-33)27(25)20-9-10-23(31)24(32)15-20/h4-10,15-17,25-27H,11,13-14,18H2,1-3H3,(H2,35,36,41)/t25-,26?,27+/m1/s1. The fourth-order valence-electron chi connectivity index (χ4n) is 5.65. The van der Waals surface area contributed by atoms with Gasteiger partial charge in [0.05, 0.1) is 37.0 Å². The van der Waals surface area contributed by atoms with Crippen LogP contribution in [-0.4, -0.2) is 69.4 Å². The van der Waals surface area contributed by atoms with Crippen molar-refractivity contribution in [3.63, 3.8) is 0 Å². The Balaban J connectivity index is 1.47. The maximum absolute atomic E-state index is 14.3. The van der Waals surface area contributed by atoms with Gasteiger partial charge in [0, 0.05) is 56.5 Å². The van der Waals surface area contributed by atoms with Crippen molar-refractivity contribution in [1.29, 1.82) is 5.26 Å². The number of carbonyl (C=O) groups is 1. The Hall–Kier alpha value is -4.60. The van der Waals surface area contributed by atoms with E-state index in [4.69, 9.17) is 9.84 Å². The van der Waals surface area contributed by atoms with Crippen LogP contribution >= 0.6 is 0 Å². The summed E-state index contributed by atoms with van der Waals surface area (Å²) in [5, 5.41) is 24.7. The Morgan fingerprint density at radius 3 is 2.64 bits per heavy atom. The number of likely N-dealkylation sites (tertiary alicyclic amines) is 1. The minimum atomic E-state index is -0.980. The molecule has 1 unspecified atom stereocenters. The van der Waals surface area contributed by atoms with E-state index in [2.05, 4.69) is 21.8 Å². The minimum absolute atomic E-state index is 0.140. The van der Waals surface area contributed by atoms with Gasteiger partial charge >= 0.3 is 6.03 Å². The van der Waals surface area contributed by atoms with Gasteiger partial charge in [0.2, 0.25) is 0 Å². The average Bonchev–Trinajstić information content (AvgIpc) is 3.65. The van der Waals surface area contributed by atoms with Crippen molar-refractivity contribution in [3.8, 4) is 23.0 Å². The molecule has 1 aliphatic heterocycles. The van der Waals surface area contributed by atoms with Crippen molar-refractivity contribution >= 4 is 11.8 Å². The molecule has 2 aromatic heterocycles. The predicted molar refractivity (Wildman–Crippen MR) is 153 cm³/mol. The third kappa shape index (κ3) is 5.88. The van der Waals surface area contributed by atoms with Crippen molar-refractivity contribution in [1.82, 2.24) is 29.8 Å². The second-order valence-corrected chi connectivity index (χ2v) is 10.3. The van der Waals surface area contributed by atoms with Crippen LogP contribution < -0.4 is 10.6 Å². The number of ether oxygens (including phenoxy) is 1. The molecule has 0 spiro atoms. The monoisotopic (exact) mass is 574 g/mol. The molecule has 10 nitrogen and oxygen atoms in total. The maximum atomic E-state index is 14.3. The molecule has 218 valence electrons. The first kappa shape index (κ1) is 28.9. The summed E-state index contributed by atoms with van der Waals surface area (Å²) in [4.78, 5) is 15.7. The number of nitriles is 1. The van der Waals surface area contributed by atoms with Gasteiger partial charge < -0.3 is 10.1 Å². The molecule has 12 heteroatoms. The van der Waals surface area contributed by atoms with Crippen molar-refractivity contribution in [2.75, 3.05) is 32.1 Å². The Morgan fingerprint density at radius 2 is 1.98 bits per heavy atom. The molecule has 42 heavy (non-hydrogen) atoms. The van der Waals surface area contributed by atoms with Gasteiger partial charge in [0.1, 0.15) is 11.5 Å². The maximum Gasteiger partial charge on any atom is 0.320 e. The molecule has 2 N–H and O–H groups in total. The molecule has 5 rings (SSSR count). The number of aryl methyl sites for hydroxylation is 1. The molecule has 2 amide bonds. The molecular formula is C30H32F2N8O2. The van der Waals surface area contributed by atoms with E-state index in [9.17, 15) is 18.8 Å². The molecule has 1 aliphatic rings. The molecule has 2 aromatic carbocycles. The minimum Gasteiger partial charge on any atom is -0.383 e. The molecule has 0 radical (unpaired) electrons. The lowest BCUT2D eigenvalue weighted by Gasteiger charge is -2.27. The summed E-state index contributed by atoms with van der Waals surface area (Å²) in [5.74, 6) is -1.92. The summed E-state index contributed by atoms with van der Waals surface area (Å²) in [7, 11) is 3.41. The number of nitrogens with one attached hydrogen (secondary N) is 2. The number of halogens is 2. The number of anilines is 1. The number of urea groups is 1. The zero-order valence-corrected chi connectivity index (χ0v) is 23.6. The number of methoxy groups -OCH3 is 1. The van der Waals surface area contributed by atoms with E-state index in [0.29, 0.717) is 36.8 Å². The van der Waals surface area contributed by atoms with E-state index < -0.39 is 29.6 Å². The van der Waals surface area contributed by atoms with E-state index >= 15 is 0 Å². The van der Waals surface area contributed by atoms with Gasteiger partial charge in [-0.3, -0.25) is 14.9 Å². The second-order valence-electron chi connectivity index (χ2n) is 10.3. The van der Waals surface area contributed by atoms with Crippen LogP contribution in [0.2, 0.25) is 0 Å². The number of aromatic nitrogens is 4. The largest absolute Gasteiger partial charge is 0.383 e. The van der Waals surface area contributed by atoms with E-state index in [1.807, 2.05) is 55.4 Å². The van der Waals surface area contributed by atoms with Crippen LogP contribution in [0, 0.1) is 29.9 Å². The van der Waals surface area contributed by atoms with Crippen LogP contribution in [0.15, 0.2) is 60.9 Å². The van der Waals surface area contributed by atoms with Crippen molar-refractivity contribution in [2.24, 2.45) is 7.05 Å². The van der Waals surface area contributed by atoms with Gasteiger partial charge in [0.15, 0.2) is 11.6 Å². The van der Waals surface area contributed by atoms with E-state index in [1.54, 1.807) is 22.7 Å². The van der Waals surface area contributed by atoms with E-state index in [1.165, 1.54) is 6.07 Å². The lowest BCUT2D eigenvalue weighted by molar-refractivity contribution is 0.139. The van der Waals surface area contributed by atoms with Gasteiger partial charge in [-0.15, -0.1) is 0 Å². The highest BCUT2D eigenvalue weighted by Gasteiger charge is 2.43. The van der Waals surface area contributed by atoms with Gasteiger partial charge in [0.25, 0.3) is 0 Å². The van der Waals surface area contributed by atoms with Gasteiger partial charge in [-0.2, -0.15) is 15.5 Å². The number of nitrogens with zero attached hydrogens (tertiary/aromatic N) is 6. The number of rotatable bonds is 9. The van der Waals surface area contributed by atoms with E-state index in [-0.39, 0.29) is 12.5 Å². The Morgan fingerprint density at radius 1 is 1.19 bits per heavy atom. The Labute approximate surface area is 242 Å². The summed E-state index contributed by atoms with van der Waals surface area (Å²) in [6, 6.07) is 14.0. The molecular weight excluding hydrogens is 542 g/mol. The topological polar surface area (TPSA) is 113 Å². The number of benzene rings is 2. The first-order chi connectivity index (χ1) is 20.3. The molecule has 0 bridgehead atoms. The van der Waals surface area contributed by atoms with Gasteiger partial charge in [-0.1, -0.05) is 24.3 Å².